The minimum atomic E-state index is -3.42. The second kappa shape index (κ2) is 4.06. The second-order valence-electron chi connectivity index (χ2n) is 6.30. The van der Waals surface area contributed by atoms with E-state index in [1.165, 1.54) is 37.9 Å². The molecule has 3 aliphatic carbocycles. The van der Waals surface area contributed by atoms with Gasteiger partial charge in [0.2, 0.25) is 0 Å². The van der Waals surface area contributed by atoms with E-state index in [0.717, 1.165) is 24.2 Å². The summed E-state index contributed by atoms with van der Waals surface area (Å²) in [5.74, 6) is 2.98. The molecule has 5 unspecified atom stereocenters. The molecule has 0 aliphatic heterocycles. The van der Waals surface area contributed by atoms with Crippen molar-refractivity contribution in [2.24, 2.45) is 23.7 Å². The molecule has 0 spiro atoms. The van der Waals surface area contributed by atoms with Crippen molar-refractivity contribution in [3.63, 3.8) is 0 Å². The lowest BCUT2D eigenvalue weighted by molar-refractivity contribution is 0.224. The smallest absolute Gasteiger partial charge is 0.257 e. The van der Waals surface area contributed by atoms with Crippen molar-refractivity contribution in [2.75, 3.05) is 0 Å². The van der Waals surface area contributed by atoms with Crippen molar-refractivity contribution in [1.82, 2.24) is 14.9 Å². The van der Waals surface area contributed by atoms with Gasteiger partial charge in [-0.25, -0.2) is 13.1 Å². The molecule has 3 saturated carbocycles. The number of aromatic amines is 1. The number of hydrogen-bond donors (Lipinski definition) is 2. The molecule has 6 heteroatoms. The van der Waals surface area contributed by atoms with E-state index in [0.29, 0.717) is 5.92 Å². The molecule has 1 aromatic heterocycles. The van der Waals surface area contributed by atoms with E-state index < -0.39 is 10.0 Å². The van der Waals surface area contributed by atoms with E-state index in [4.69, 9.17) is 0 Å². The fourth-order valence-electron chi connectivity index (χ4n) is 4.86. The topological polar surface area (TPSA) is 74.8 Å². The molecule has 3 aliphatic rings. The van der Waals surface area contributed by atoms with E-state index >= 15 is 0 Å². The molecule has 1 aromatic rings. The third-order valence-electron chi connectivity index (χ3n) is 5.50. The Hall–Kier alpha value is -0.880. The predicted molar refractivity (Wildman–Crippen MR) is 69.7 cm³/mol. The van der Waals surface area contributed by atoms with Crippen LogP contribution in [0.4, 0.5) is 0 Å². The average molecular weight is 281 g/mol. The van der Waals surface area contributed by atoms with Crippen LogP contribution < -0.4 is 4.72 Å². The van der Waals surface area contributed by atoms with E-state index in [1.807, 2.05) is 0 Å². The van der Waals surface area contributed by atoms with Crippen molar-refractivity contribution < 1.29 is 8.42 Å². The minimum absolute atomic E-state index is 0.137. The highest BCUT2D eigenvalue weighted by molar-refractivity contribution is 7.89. The summed E-state index contributed by atoms with van der Waals surface area (Å²) in [5.41, 5.74) is 0. The van der Waals surface area contributed by atoms with Gasteiger partial charge in [-0.15, -0.1) is 0 Å². The first kappa shape index (κ1) is 11.9. The number of hydrogen-bond acceptors (Lipinski definition) is 3. The number of nitrogens with one attached hydrogen (secondary N) is 2. The molecule has 0 aromatic carbocycles. The molecule has 3 fully saturated rings. The summed E-state index contributed by atoms with van der Waals surface area (Å²) in [6.45, 7) is 0. The minimum Gasteiger partial charge on any atom is -0.266 e. The highest BCUT2D eigenvalue weighted by Gasteiger charge is 2.54. The summed E-state index contributed by atoms with van der Waals surface area (Å²) < 4.78 is 27.4. The first-order valence-corrected chi connectivity index (χ1v) is 8.65. The van der Waals surface area contributed by atoms with Gasteiger partial charge in [0.15, 0.2) is 5.03 Å². The van der Waals surface area contributed by atoms with Gasteiger partial charge in [0.25, 0.3) is 10.0 Å². The summed E-state index contributed by atoms with van der Waals surface area (Å²) in [4.78, 5) is 0. The first-order chi connectivity index (χ1) is 9.15. The molecule has 0 saturated heterocycles. The van der Waals surface area contributed by atoms with Crippen molar-refractivity contribution in [1.29, 1.82) is 0 Å². The van der Waals surface area contributed by atoms with Crippen LogP contribution >= 0.6 is 0 Å². The fraction of sp³-hybridized carbons (Fsp3) is 0.769. The average Bonchev–Trinajstić information content (AvgIpc) is 3.11. The Morgan fingerprint density at radius 3 is 2.84 bits per heavy atom. The molecule has 2 N–H and O–H groups in total. The Morgan fingerprint density at radius 2 is 2.05 bits per heavy atom. The molecule has 4 rings (SSSR count). The molecular formula is C13H19N3O2S. The number of aromatic nitrogens is 2. The van der Waals surface area contributed by atoms with Crippen molar-refractivity contribution >= 4 is 10.0 Å². The third-order valence-corrected chi connectivity index (χ3v) is 6.92. The largest absolute Gasteiger partial charge is 0.266 e. The van der Waals surface area contributed by atoms with Crippen LogP contribution in [0.1, 0.15) is 32.1 Å². The van der Waals surface area contributed by atoms with Gasteiger partial charge >= 0.3 is 0 Å². The molecule has 2 bridgehead atoms. The molecule has 0 amide bonds. The zero-order chi connectivity index (χ0) is 13.0. The maximum Gasteiger partial charge on any atom is 0.257 e. The standard InChI is InChI=1S/C13H19N3O2S/c17-19(18,13-4-5-14-15-13)16-12-7-8-6-11(12)10-3-1-2-9(8)10/h4-5,8-12,16H,1-3,6-7H2,(H,14,15). The lowest BCUT2D eigenvalue weighted by Gasteiger charge is -2.31. The Kier molecular flexibility index (Phi) is 2.54. The zero-order valence-corrected chi connectivity index (χ0v) is 11.6. The number of rotatable bonds is 3. The zero-order valence-electron chi connectivity index (χ0n) is 10.7. The van der Waals surface area contributed by atoms with Crippen LogP contribution in [0, 0.1) is 23.7 Å². The van der Waals surface area contributed by atoms with Crippen LogP contribution in [-0.4, -0.2) is 24.7 Å². The Morgan fingerprint density at radius 1 is 1.21 bits per heavy atom. The van der Waals surface area contributed by atoms with Crippen LogP contribution in [0.15, 0.2) is 17.3 Å². The summed E-state index contributed by atoms with van der Waals surface area (Å²) in [6, 6.07) is 1.64. The number of sulfonamides is 1. The normalized spacial score (nSPS) is 40.7. The fourth-order valence-corrected chi connectivity index (χ4v) is 6.07. The summed E-state index contributed by atoms with van der Waals surface area (Å²) in [6.07, 6.45) is 7.73. The summed E-state index contributed by atoms with van der Waals surface area (Å²) in [7, 11) is -3.42. The quantitative estimate of drug-likeness (QED) is 0.882. The van der Waals surface area contributed by atoms with Gasteiger partial charge in [-0.2, -0.15) is 5.10 Å². The van der Waals surface area contributed by atoms with E-state index in [2.05, 4.69) is 14.9 Å². The first-order valence-electron chi connectivity index (χ1n) is 7.17. The van der Waals surface area contributed by atoms with Crippen LogP contribution in [0.2, 0.25) is 0 Å². The van der Waals surface area contributed by atoms with Gasteiger partial charge in [0, 0.05) is 6.04 Å². The highest BCUT2D eigenvalue weighted by Crippen LogP contribution is 2.58. The highest BCUT2D eigenvalue weighted by atomic mass is 32.2. The molecule has 104 valence electrons. The maximum atomic E-state index is 12.2. The lowest BCUT2D eigenvalue weighted by atomic mass is 9.79. The Labute approximate surface area is 113 Å². The molecule has 19 heavy (non-hydrogen) atoms. The van der Waals surface area contributed by atoms with Gasteiger partial charge in [0.1, 0.15) is 0 Å². The van der Waals surface area contributed by atoms with Crippen molar-refractivity contribution in [3.05, 3.63) is 12.3 Å². The van der Waals surface area contributed by atoms with Gasteiger partial charge < -0.3 is 0 Å². The van der Waals surface area contributed by atoms with E-state index in [-0.39, 0.29) is 11.1 Å². The van der Waals surface area contributed by atoms with Crippen molar-refractivity contribution in [3.8, 4) is 0 Å². The molecule has 5 nitrogen and oxygen atoms in total. The molecule has 0 radical (unpaired) electrons. The molecule has 5 atom stereocenters. The van der Waals surface area contributed by atoms with E-state index in [9.17, 15) is 8.42 Å². The van der Waals surface area contributed by atoms with Gasteiger partial charge in [-0.1, -0.05) is 6.42 Å². The third kappa shape index (κ3) is 1.76. The Bertz CT molecular complexity index is 569. The van der Waals surface area contributed by atoms with Crippen LogP contribution in [0.5, 0.6) is 0 Å². The SMILES string of the molecule is O=S(=O)(NC1CC2CC1C1CCCC21)c1ccn[nH]1. The lowest BCUT2D eigenvalue weighted by Crippen LogP contribution is -2.42. The van der Waals surface area contributed by atoms with Gasteiger partial charge in [0.05, 0.1) is 6.20 Å². The second-order valence-corrected chi connectivity index (χ2v) is 7.99. The Balaban J connectivity index is 1.53. The van der Waals surface area contributed by atoms with Crippen LogP contribution in [0.25, 0.3) is 0 Å². The van der Waals surface area contributed by atoms with E-state index in [1.54, 1.807) is 0 Å². The van der Waals surface area contributed by atoms with Crippen LogP contribution in [0.3, 0.4) is 0 Å². The number of fused-ring (bicyclic) bond motifs is 5. The van der Waals surface area contributed by atoms with Crippen molar-refractivity contribution in [2.45, 2.75) is 43.2 Å². The summed E-state index contributed by atoms with van der Waals surface area (Å²) >= 11 is 0. The van der Waals surface area contributed by atoms with Crippen LogP contribution in [-0.2, 0) is 10.0 Å². The predicted octanol–water partition coefficient (Wildman–Crippen LogP) is 1.51. The summed E-state index contributed by atoms with van der Waals surface area (Å²) in [5, 5.41) is 6.44. The monoisotopic (exact) mass is 281 g/mol. The molecule has 1 heterocycles. The number of H-pyrrole nitrogens is 1. The molecular weight excluding hydrogens is 262 g/mol. The van der Waals surface area contributed by atoms with Gasteiger partial charge in [-0.3, -0.25) is 5.10 Å². The maximum absolute atomic E-state index is 12.2. The van der Waals surface area contributed by atoms with Gasteiger partial charge in [-0.05, 0) is 55.4 Å². The number of nitrogens with zero attached hydrogens (tertiary/aromatic N) is 1.